The Bertz CT molecular complexity index is 172. The zero-order valence-corrected chi connectivity index (χ0v) is 7.93. The third-order valence-corrected chi connectivity index (χ3v) is 2.62. The van der Waals surface area contributed by atoms with Gasteiger partial charge in [-0.05, 0) is 6.92 Å². The lowest BCUT2D eigenvalue weighted by Gasteiger charge is -2.28. The fourth-order valence-electron chi connectivity index (χ4n) is 1.75. The van der Waals surface area contributed by atoms with Crippen LogP contribution in [0.1, 0.15) is 6.92 Å². The largest absolute Gasteiger partial charge is 0.393 e. The number of aliphatic hydroxyl groups excluding tert-OH is 2. The van der Waals surface area contributed by atoms with Gasteiger partial charge in [0.1, 0.15) is 17.8 Å². The van der Waals surface area contributed by atoms with E-state index in [9.17, 15) is 5.11 Å². The van der Waals surface area contributed by atoms with Crippen LogP contribution in [0, 0.1) is 0 Å². The molecule has 4 N–H and O–H groups in total. The molecule has 5 heteroatoms. The van der Waals surface area contributed by atoms with Crippen LogP contribution in [0.15, 0.2) is 0 Å². The summed E-state index contributed by atoms with van der Waals surface area (Å²) in [7, 11) is 1.50. The summed E-state index contributed by atoms with van der Waals surface area (Å²) in [4.78, 5) is 0. The molecule has 0 aromatic heterocycles. The summed E-state index contributed by atoms with van der Waals surface area (Å²) < 4.78 is 10.5. The van der Waals surface area contributed by atoms with Crippen molar-refractivity contribution in [2.24, 2.45) is 5.73 Å². The van der Waals surface area contributed by atoms with Gasteiger partial charge in [0, 0.05) is 13.7 Å². The van der Waals surface area contributed by atoms with Crippen LogP contribution in [-0.2, 0) is 9.47 Å². The van der Waals surface area contributed by atoms with Crippen LogP contribution in [-0.4, -0.2) is 54.4 Å². The quantitative estimate of drug-likeness (QED) is 0.504. The number of methoxy groups -OCH3 is 1. The molecule has 0 saturated carbocycles. The Hall–Kier alpha value is -0.200. The minimum Gasteiger partial charge on any atom is -0.393 e. The molecule has 1 rings (SSSR count). The van der Waals surface area contributed by atoms with Crippen LogP contribution in [0.2, 0.25) is 0 Å². The Balaban J connectivity index is 2.80. The molecule has 1 fully saturated rings. The molecular weight excluding hydrogens is 174 g/mol. The molecule has 0 spiro atoms. The Morgan fingerprint density at radius 1 is 1.62 bits per heavy atom. The first-order valence-electron chi connectivity index (χ1n) is 4.31. The standard InChI is InChI=1S/C8H17NO4/c1-5-6(12-2)7(11)8(3-9,4-10)13-5/h5-7,10-11H,3-4,9H2,1-2H3/t5-,6+,7?,8+/m0/s1. The number of nitrogens with two attached hydrogens (primary N) is 1. The van der Waals surface area contributed by atoms with Crippen molar-refractivity contribution in [2.75, 3.05) is 20.3 Å². The predicted octanol–water partition coefficient (Wildman–Crippen LogP) is -1.53. The van der Waals surface area contributed by atoms with E-state index in [1.54, 1.807) is 6.92 Å². The molecule has 0 amide bonds. The predicted molar refractivity (Wildman–Crippen MR) is 46.2 cm³/mol. The van der Waals surface area contributed by atoms with Gasteiger partial charge in [-0.3, -0.25) is 0 Å². The van der Waals surface area contributed by atoms with E-state index in [1.165, 1.54) is 7.11 Å². The van der Waals surface area contributed by atoms with Gasteiger partial charge in [0.25, 0.3) is 0 Å². The Kier molecular flexibility index (Phi) is 3.26. The van der Waals surface area contributed by atoms with Crippen molar-refractivity contribution < 1.29 is 19.7 Å². The third-order valence-electron chi connectivity index (χ3n) is 2.62. The molecule has 0 aliphatic carbocycles. The van der Waals surface area contributed by atoms with E-state index in [4.69, 9.17) is 20.3 Å². The van der Waals surface area contributed by atoms with Gasteiger partial charge < -0.3 is 25.4 Å². The highest BCUT2D eigenvalue weighted by molar-refractivity contribution is 5.02. The van der Waals surface area contributed by atoms with Gasteiger partial charge in [-0.15, -0.1) is 0 Å². The van der Waals surface area contributed by atoms with Gasteiger partial charge in [-0.25, -0.2) is 0 Å². The molecule has 13 heavy (non-hydrogen) atoms. The maximum atomic E-state index is 9.78. The van der Waals surface area contributed by atoms with Crippen molar-refractivity contribution in [1.29, 1.82) is 0 Å². The van der Waals surface area contributed by atoms with Crippen molar-refractivity contribution in [3.63, 3.8) is 0 Å². The van der Waals surface area contributed by atoms with E-state index in [1.807, 2.05) is 0 Å². The normalized spacial score (nSPS) is 45.5. The number of ether oxygens (including phenoxy) is 2. The molecule has 1 aliphatic rings. The van der Waals surface area contributed by atoms with Gasteiger partial charge in [0.05, 0.1) is 12.7 Å². The summed E-state index contributed by atoms with van der Waals surface area (Å²) in [5.41, 5.74) is 4.39. The van der Waals surface area contributed by atoms with Crippen molar-refractivity contribution in [3.05, 3.63) is 0 Å². The third kappa shape index (κ3) is 1.58. The summed E-state index contributed by atoms with van der Waals surface area (Å²) in [5, 5.41) is 18.9. The maximum absolute atomic E-state index is 9.78. The van der Waals surface area contributed by atoms with Gasteiger partial charge in [0.2, 0.25) is 0 Å². The van der Waals surface area contributed by atoms with Gasteiger partial charge in [-0.2, -0.15) is 0 Å². The summed E-state index contributed by atoms with van der Waals surface area (Å²) in [5.74, 6) is 0. The Morgan fingerprint density at radius 3 is 2.46 bits per heavy atom. The van der Waals surface area contributed by atoms with Crippen LogP contribution in [0.4, 0.5) is 0 Å². The molecule has 5 nitrogen and oxygen atoms in total. The molecule has 1 unspecified atom stereocenters. The topological polar surface area (TPSA) is 84.9 Å². The fraction of sp³-hybridized carbons (Fsp3) is 1.00. The number of aliphatic hydroxyl groups is 2. The molecule has 1 aliphatic heterocycles. The van der Waals surface area contributed by atoms with E-state index in [0.29, 0.717) is 0 Å². The van der Waals surface area contributed by atoms with E-state index in [-0.39, 0.29) is 19.3 Å². The van der Waals surface area contributed by atoms with Crippen LogP contribution in [0.5, 0.6) is 0 Å². The first kappa shape index (κ1) is 10.9. The monoisotopic (exact) mass is 191 g/mol. The molecule has 1 heterocycles. The van der Waals surface area contributed by atoms with E-state index < -0.39 is 17.8 Å². The van der Waals surface area contributed by atoms with Crippen LogP contribution >= 0.6 is 0 Å². The van der Waals surface area contributed by atoms with Crippen LogP contribution in [0.3, 0.4) is 0 Å². The minimum atomic E-state index is -1.06. The first-order valence-corrected chi connectivity index (χ1v) is 4.31. The first-order chi connectivity index (χ1) is 6.11. The molecule has 0 bridgehead atoms. The zero-order chi connectivity index (χ0) is 10.1. The highest BCUT2D eigenvalue weighted by atomic mass is 16.6. The molecule has 0 aromatic carbocycles. The van der Waals surface area contributed by atoms with E-state index in [2.05, 4.69) is 0 Å². The lowest BCUT2D eigenvalue weighted by molar-refractivity contribution is -0.101. The maximum Gasteiger partial charge on any atom is 0.132 e. The summed E-state index contributed by atoms with van der Waals surface area (Å²) >= 11 is 0. The van der Waals surface area contributed by atoms with Crippen LogP contribution in [0.25, 0.3) is 0 Å². The number of rotatable bonds is 3. The second kappa shape index (κ2) is 3.89. The van der Waals surface area contributed by atoms with E-state index >= 15 is 0 Å². The molecule has 78 valence electrons. The van der Waals surface area contributed by atoms with Gasteiger partial charge >= 0.3 is 0 Å². The number of hydrogen-bond donors (Lipinski definition) is 3. The molecular formula is C8H17NO4. The average molecular weight is 191 g/mol. The van der Waals surface area contributed by atoms with Crippen LogP contribution < -0.4 is 5.73 Å². The Morgan fingerprint density at radius 2 is 2.23 bits per heavy atom. The van der Waals surface area contributed by atoms with Crippen molar-refractivity contribution in [2.45, 2.75) is 30.8 Å². The number of hydrogen-bond acceptors (Lipinski definition) is 5. The fourth-order valence-corrected chi connectivity index (χ4v) is 1.75. The lowest BCUT2D eigenvalue weighted by Crippen LogP contribution is -2.52. The lowest BCUT2D eigenvalue weighted by atomic mass is 9.95. The molecule has 4 atom stereocenters. The van der Waals surface area contributed by atoms with Crippen molar-refractivity contribution >= 4 is 0 Å². The molecule has 1 saturated heterocycles. The highest BCUT2D eigenvalue weighted by Gasteiger charge is 2.52. The highest BCUT2D eigenvalue weighted by Crippen LogP contribution is 2.31. The zero-order valence-electron chi connectivity index (χ0n) is 7.93. The SMILES string of the molecule is CO[C@H]1C(O)[C@@](CN)(CO)O[C@H]1C. The molecule has 0 radical (unpaired) electrons. The van der Waals surface area contributed by atoms with Crippen molar-refractivity contribution in [3.8, 4) is 0 Å². The molecule has 0 aromatic rings. The smallest absolute Gasteiger partial charge is 0.132 e. The Labute approximate surface area is 77.4 Å². The van der Waals surface area contributed by atoms with E-state index in [0.717, 1.165) is 0 Å². The average Bonchev–Trinajstić information content (AvgIpc) is 2.38. The summed E-state index contributed by atoms with van der Waals surface area (Å²) in [6.07, 6.45) is -1.55. The summed E-state index contributed by atoms with van der Waals surface area (Å²) in [6, 6.07) is 0. The van der Waals surface area contributed by atoms with Crippen molar-refractivity contribution in [1.82, 2.24) is 0 Å². The summed E-state index contributed by atoms with van der Waals surface area (Å²) in [6.45, 7) is 1.56. The second-order valence-electron chi connectivity index (χ2n) is 3.40. The second-order valence-corrected chi connectivity index (χ2v) is 3.40. The minimum absolute atomic E-state index is 0.0782. The van der Waals surface area contributed by atoms with Gasteiger partial charge in [0.15, 0.2) is 0 Å². The van der Waals surface area contributed by atoms with Gasteiger partial charge in [-0.1, -0.05) is 0 Å².